The van der Waals surface area contributed by atoms with Crippen molar-refractivity contribution in [1.29, 1.82) is 0 Å². The number of benzene rings is 2. The third-order valence-corrected chi connectivity index (χ3v) is 8.92. The van der Waals surface area contributed by atoms with Crippen molar-refractivity contribution in [1.82, 2.24) is 9.97 Å². The van der Waals surface area contributed by atoms with E-state index >= 15 is 0 Å². The van der Waals surface area contributed by atoms with Gasteiger partial charge in [0.15, 0.2) is 6.61 Å². The van der Waals surface area contributed by atoms with Gasteiger partial charge >= 0.3 is 5.97 Å². The molecule has 198 valence electrons. The lowest BCUT2D eigenvalue weighted by Gasteiger charge is -2.57. The molecule has 4 bridgehead atoms. The number of carboxylic acid groups (broad SMARTS) is 1. The number of anilines is 1. The molecule has 4 aliphatic carbocycles. The first kappa shape index (κ1) is 24.7. The Hall–Kier alpha value is -3.61. The van der Waals surface area contributed by atoms with E-state index in [1.807, 2.05) is 18.2 Å². The molecule has 0 radical (unpaired) electrons. The van der Waals surface area contributed by atoms with Gasteiger partial charge in [-0.3, -0.25) is 4.79 Å². The second-order valence-corrected chi connectivity index (χ2v) is 11.8. The molecule has 0 unspecified atom stereocenters. The number of carboxylic acids is 1. The summed E-state index contributed by atoms with van der Waals surface area (Å²) in [6.45, 7) is 1.61. The number of nitrogens with zero attached hydrogens (tertiary/aromatic N) is 1. The number of amides is 1. The Balaban J connectivity index is 1.25. The van der Waals surface area contributed by atoms with Gasteiger partial charge in [0.05, 0.1) is 0 Å². The van der Waals surface area contributed by atoms with Crippen molar-refractivity contribution in [3.63, 3.8) is 0 Å². The summed E-state index contributed by atoms with van der Waals surface area (Å²) in [7, 11) is 0. The molecule has 0 atom stereocenters. The van der Waals surface area contributed by atoms with Gasteiger partial charge in [-0.2, -0.15) is 0 Å². The number of aryl methyl sites for hydroxylation is 2. The molecule has 1 amide bonds. The minimum atomic E-state index is -1.05. The third-order valence-electron chi connectivity index (χ3n) is 8.92. The van der Waals surface area contributed by atoms with Crippen LogP contribution in [0, 0.1) is 30.1 Å². The first-order chi connectivity index (χ1) is 18.4. The van der Waals surface area contributed by atoms with Crippen LogP contribution in [0.3, 0.4) is 0 Å². The monoisotopic (exact) mass is 513 g/mol. The van der Waals surface area contributed by atoms with Crippen LogP contribution >= 0.6 is 0 Å². The molecule has 3 N–H and O–H groups in total. The van der Waals surface area contributed by atoms with E-state index in [4.69, 9.17) is 14.8 Å². The van der Waals surface area contributed by atoms with Crippen molar-refractivity contribution in [3.05, 3.63) is 65.5 Å². The van der Waals surface area contributed by atoms with E-state index in [0.717, 1.165) is 47.4 Å². The van der Waals surface area contributed by atoms with Gasteiger partial charge < -0.3 is 20.1 Å². The SMILES string of the molecule is Cc1ccccc1-c1nc(C(=O)Nc2cccc(OCC(=O)O)c2)c(CCC23CC4CC(CC(C4)C2)C3)[nH]1. The summed E-state index contributed by atoms with van der Waals surface area (Å²) in [6.07, 6.45) is 10.2. The molecule has 4 fully saturated rings. The molecule has 0 saturated heterocycles. The number of imidazole rings is 1. The number of rotatable bonds is 9. The van der Waals surface area contributed by atoms with Crippen molar-refractivity contribution in [3.8, 4) is 17.1 Å². The Morgan fingerprint density at radius 2 is 1.76 bits per heavy atom. The average molecular weight is 514 g/mol. The summed E-state index contributed by atoms with van der Waals surface area (Å²) >= 11 is 0. The smallest absolute Gasteiger partial charge is 0.341 e. The van der Waals surface area contributed by atoms with Gasteiger partial charge in [0.25, 0.3) is 5.91 Å². The zero-order chi connectivity index (χ0) is 26.3. The zero-order valence-electron chi connectivity index (χ0n) is 21.8. The first-order valence-electron chi connectivity index (χ1n) is 13.8. The lowest BCUT2D eigenvalue weighted by molar-refractivity contribution is -0.139. The van der Waals surface area contributed by atoms with Crippen molar-refractivity contribution in [2.75, 3.05) is 11.9 Å². The van der Waals surface area contributed by atoms with Gasteiger partial charge in [-0.25, -0.2) is 9.78 Å². The highest BCUT2D eigenvalue weighted by molar-refractivity contribution is 6.04. The molecule has 0 aliphatic heterocycles. The van der Waals surface area contributed by atoms with E-state index in [1.165, 1.54) is 38.5 Å². The second kappa shape index (κ2) is 9.93. The van der Waals surface area contributed by atoms with Crippen LogP contribution in [0.2, 0.25) is 0 Å². The Kier molecular flexibility index (Phi) is 6.46. The molecule has 3 aromatic rings. The molecule has 0 spiro atoms. The number of H-pyrrole nitrogens is 1. The molecule has 38 heavy (non-hydrogen) atoms. The van der Waals surface area contributed by atoms with E-state index in [1.54, 1.807) is 24.3 Å². The molecule has 7 rings (SSSR count). The zero-order valence-corrected chi connectivity index (χ0v) is 21.8. The molecule has 7 heteroatoms. The summed E-state index contributed by atoms with van der Waals surface area (Å²) in [4.78, 5) is 32.7. The minimum Gasteiger partial charge on any atom is -0.482 e. The van der Waals surface area contributed by atoms with Crippen LogP contribution in [-0.4, -0.2) is 33.6 Å². The predicted octanol–water partition coefficient (Wildman–Crippen LogP) is 6.25. The molecular formula is C31H35N3O4. The number of nitrogens with one attached hydrogen (secondary N) is 2. The fourth-order valence-electron chi connectivity index (χ4n) is 7.73. The Morgan fingerprint density at radius 3 is 2.45 bits per heavy atom. The van der Waals surface area contributed by atoms with E-state index in [9.17, 15) is 9.59 Å². The van der Waals surface area contributed by atoms with E-state index in [2.05, 4.69) is 23.3 Å². The quantitative estimate of drug-likeness (QED) is 0.314. The Morgan fingerprint density at radius 1 is 1.05 bits per heavy atom. The average Bonchev–Trinajstić information content (AvgIpc) is 3.30. The highest BCUT2D eigenvalue weighted by atomic mass is 16.5. The summed E-state index contributed by atoms with van der Waals surface area (Å²) in [6, 6.07) is 14.9. The summed E-state index contributed by atoms with van der Waals surface area (Å²) < 4.78 is 5.28. The van der Waals surface area contributed by atoms with Crippen LogP contribution in [0.25, 0.3) is 11.4 Å². The molecular weight excluding hydrogens is 478 g/mol. The van der Waals surface area contributed by atoms with Crippen LogP contribution in [0.5, 0.6) is 5.75 Å². The fourth-order valence-corrected chi connectivity index (χ4v) is 7.73. The number of hydrogen-bond acceptors (Lipinski definition) is 4. The molecule has 4 aliphatic rings. The van der Waals surface area contributed by atoms with Gasteiger partial charge in [-0.1, -0.05) is 30.3 Å². The predicted molar refractivity (Wildman–Crippen MR) is 145 cm³/mol. The maximum absolute atomic E-state index is 13.5. The number of carbonyl (C=O) groups is 2. The fraction of sp³-hybridized carbons (Fsp3) is 0.452. The van der Waals surface area contributed by atoms with Crippen LogP contribution in [0.15, 0.2) is 48.5 Å². The van der Waals surface area contributed by atoms with Gasteiger partial charge in [0, 0.05) is 23.0 Å². The molecule has 4 saturated carbocycles. The van der Waals surface area contributed by atoms with Crippen LogP contribution < -0.4 is 10.1 Å². The largest absolute Gasteiger partial charge is 0.482 e. The molecule has 1 heterocycles. The standard InChI is InChI=1S/C31H35N3O4/c1-19-5-2-3-8-25(19)29-33-26(9-10-31-15-20-11-21(16-31)13-22(12-20)17-31)28(34-29)30(37)32-23-6-4-7-24(14-23)38-18-27(35)36/h2-8,14,20-22H,9-13,15-18H2,1H3,(H,32,37)(H,33,34)(H,35,36). The maximum Gasteiger partial charge on any atom is 0.341 e. The number of aliphatic carboxylic acids is 1. The normalized spacial score (nSPS) is 25.3. The number of carbonyl (C=O) groups excluding carboxylic acids is 1. The van der Waals surface area contributed by atoms with Crippen molar-refractivity contribution in [2.24, 2.45) is 23.2 Å². The highest BCUT2D eigenvalue weighted by Gasteiger charge is 2.50. The number of aromatic nitrogens is 2. The van der Waals surface area contributed by atoms with Gasteiger partial charge in [0.2, 0.25) is 0 Å². The van der Waals surface area contributed by atoms with Gasteiger partial charge in [0.1, 0.15) is 17.3 Å². The minimum absolute atomic E-state index is 0.281. The van der Waals surface area contributed by atoms with Crippen LogP contribution in [0.1, 0.15) is 66.7 Å². The van der Waals surface area contributed by atoms with Gasteiger partial charge in [-0.15, -0.1) is 0 Å². The topological polar surface area (TPSA) is 104 Å². The summed E-state index contributed by atoms with van der Waals surface area (Å²) in [5.74, 6) is 2.44. The number of aromatic amines is 1. The lowest BCUT2D eigenvalue weighted by Crippen LogP contribution is -2.46. The maximum atomic E-state index is 13.5. The van der Waals surface area contributed by atoms with Crippen LogP contribution in [0.4, 0.5) is 5.69 Å². The molecule has 1 aromatic heterocycles. The van der Waals surface area contributed by atoms with E-state index in [0.29, 0.717) is 28.4 Å². The second-order valence-electron chi connectivity index (χ2n) is 11.8. The van der Waals surface area contributed by atoms with E-state index < -0.39 is 12.6 Å². The highest BCUT2D eigenvalue weighted by Crippen LogP contribution is 2.61. The molecule has 7 nitrogen and oxygen atoms in total. The summed E-state index contributed by atoms with van der Waals surface area (Å²) in [5, 5.41) is 11.8. The lowest BCUT2D eigenvalue weighted by atomic mass is 9.48. The third kappa shape index (κ3) is 5.06. The van der Waals surface area contributed by atoms with Crippen molar-refractivity contribution >= 4 is 17.6 Å². The van der Waals surface area contributed by atoms with Crippen LogP contribution in [-0.2, 0) is 11.2 Å². The number of hydrogen-bond donors (Lipinski definition) is 3. The number of ether oxygens (including phenoxy) is 1. The van der Waals surface area contributed by atoms with Crippen molar-refractivity contribution in [2.45, 2.75) is 58.3 Å². The molecule has 2 aromatic carbocycles. The van der Waals surface area contributed by atoms with Gasteiger partial charge in [-0.05, 0) is 99.2 Å². The first-order valence-corrected chi connectivity index (χ1v) is 13.8. The Bertz CT molecular complexity index is 1330. The van der Waals surface area contributed by atoms with Crippen molar-refractivity contribution < 1.29 is 19.4 Å². The summed E-state index contributed by atoms with van der Waals surface area (Å²) in [5.41, 5.74) is 4.34. The Labute approximate surface area is 223 Å². The van der Waals surface area contributed by atoms with E-state index in [-0.39, 0.29) is 5.91 Å².